The van der Waals surface area contributed by atoms with Crippen molar-refractivity contribution in [1.29, 1.82) is 0 Å². The summed E-state index contributed by atoms with van der Waals surface area (Å²) in [5, 5.41) is 15.8. The lowest BCUT2D eigenvalue weighted by molar-refractivity contribution is -0.125. The van der Waals surface area contributed by atoms with Gasteiger partial charge in [0.1, 0.15) is 11.8 Å². The number of hydrogen-bond acceptors (Lipinski definition) is 8. The van der Waals surface area contributed by atoms with E-state index in [0.717, 1.165) is 29.9 Å². The highest BCUT2D eigenvalue weighted by Crippen LogP contribution is 2.48. The Labute approximate surface area is 218 Å². The number of rotatable bonds is 7. The van der Waals surface area contributed by atoms with Crippen LogP contribution in [0.3, 0.4) is 0 Å². The van der Waals surface area contributed by atoms with Gasteiger partial charge in [0.25, 0.3) is 5.91 Å². The van der Waals surface area contributed by atoms with Crippen LogP contribution >= 0.6 is 0 Å². The Hall–Kier alpha value is -2.98. The fourth-order valence-corrected chi connectivity index (χ4v) is 6.20. The molecule has 37 heavy (non-hydrogen) atoms. The molecule has 3 N–H and O–H groups in total. The number of carbonyl (C=O) groups is 2. The minimum Gasteiger partial charge on any atom is -0.392 e. The van der Waals surface area contributed by atoms with Gasteiger partial charge in [0.05, 0.1) is 23.3 Å². The number of fused-ring (bicyclic) bond motifs is 2. The summed E-state index contributed by atoms with van der Waals surface area (Å²) in [6.07, 6.45) is 9.69. The van der Waals surface area contributed by atoms with E-state index in [1.807, 2.05) is 26.0 Å². The summed E-state index contributed by atoms with van der Waals surface area (Å²) >= 11 is 0. The summed E-state index contributed by atoms with van der Waals surface area (Å²) in [5.74, 6) is 1.09. The molecule has 0 saturated heterocycles. The molecular formula is C27H38N6O4. The van der Waals surface area contributed by atoms with Crippen LogP contribution < -0.4 is 20.4 Å². The quantitative estimate of drug-likeness (QED) is 0.511. The number of carbonyl (C=O) groups excluding carboxylic acids is 2. The molecule has 2 heterocycles. The predicted octanol–water partition coefficient (Wildman–Crippen LogP) is 2.16. The van der Waals surface area contributed by atoms with Crippen LogP contribution in [0.5, 0.6) is 0 Å². The predicted molar refractivity (Wildman–Crippen MR) is 141 cm³/mol. The molecule has 0 radical (unpaired) electrons. The number of nitrogens with zero attached hydrogens (tertiary/aromatic N) is 4. The SMILES string of the molecule is COC1C2=C(C(=O)NC[C@H](C)O)C=CC1(Nc1ncc3c(n1)N(C1CCCC1)CC(C)(C)C(=O)N3C)C2. The molecule has 0 spiro atoms. The smallest absolute Gasteiger partial charge is 0.251 e. The second-order valence-electron chi connectivity index (χ2n) is 11.5. The topological polar surface area (TPSA) is 120 Å². The van der Waals surface area contributed by atoms with E-state index in [-0.39, 0.29) is 24.5 Å². The molecule has 6 rings (SSSR count). The maximum absolute atomic E-state index is 13.3. The standard InChI is InChI=1S/C27H38N6O4/c1-16(34)13-28-23(35)18-10-11-27(12-19(18)21(27)37-5)31-25-29-14-20-22(30-25)33(17-8-6-7-9-17)15-26(2,3)24(36)32(20)4/h10-11,14,16-17,21,34H,6-9,12-13,15H2,1-5H3,(H,28,35)(H,29,30,31)/t16-,21?,27?/m0/s1. The third-order valence-electron chi connectivity index (χ3n) is 8.14. The Bertz CT molecular complexity index is 1160. The van der Waals surface area contributed by atoms with Gasteiger partial charge in [-0.05, 0) is 39.2 Å². The third kappa shape index (κ3) is 4.40. The van der Waals surface area contributed by atoms with Crippen LogP contribution in [0.15, 0.2) is 29.5 Å². The molecule has 5 aliphatic rings. The van der Waals surface area contributed by atoms with Gasteiger partial charge in [-0.25, -0.2) is 4.98 Å². The first-order valence-electron chi connectivity index (χ1n) is 13.2. The van der Waals surface area contributed by atoms with Gasteiger partial charge in [-0.15, -0.1) is 0 Å². The van der Waals surface area contributed by atoms with Gasteiger partial charge in [0.15, 0.2) is 5.82 Å². The molecule has 3 atom stereocenters. The molecule has 1 aliphatic heterocycles. The minimum absolute atomic E-state index is 0.0574. The van der Waals surface area contributed by atoms with Crippen LogP contribution in [0.1, 0.15) is 52.9 Å². The second-order valence-corrected chi connectivity index (χ2v) is 11.5. The number of methoxy groups -OCH3 is 1. The van der Waals surface area contributed by atoms with E-state index in [4.69, 9.17) is 9.72 Å². The maximum atomic E-state index is 13.3. The highest BCUT2D eigenvalue weighted by Gasteiger charge is 2.54. The van der Waals surface area contributed by atoms with E-state index in [2.05, 4.69) is 20.5 Å². The average molecular weight is 511 g/mol. The van der Waals surface area contributed by atoms with E-state index in [1.165, 1.54) is 12.8 Å². The van der Waals surface area contributed by atoms with Crippen LogP contribution in [0.25, 0.3) is 0 Å². The molecular weight excluding hydrogens is 472 g/mol. The fraction of sp³-hybridized carbons (Fsp3) is 0.630. The zero-order valence-corrected chi connectivity index (χ0v) is 22.4. The number of anilines is 3. The Morgan fingerprint density at radius 2 is 2.05 bits per heavy atom. The van der Waals surface area contributed by atoms with Gasteiger partial charge in [0.2, 0.25) is 11.9 Å². The number of nitrogens with one attached hydrogen (secondary N) is 2. The van der Waals surface area contributed by atoms with Crippen molar-refractivity contribution in [2.45, 2.75) is 76.7 Å². The molecule has 1 aromatic heterocycles. The van der Waals surface area contributed by atoms with Crippen molar-refractivity contribution in [2.24, 2.45) is 5.41 Å². The Kier molecular flexibility index (Phi) is 6.52. The molecule has 2 unspecified atom stereocenters. The second kappa shape index (κ2) is 9.40. The highest BCUT2D eigenvalue weighted by molar-refractivity contribution is 6.01. The third-order valence-corrected chi connectivity index (χ3v) is 8.14. The Balaban J connectivity index is 1.43. The van der Waals surface area contributed by atoms with Gasteiger partial charge in [-0.3, -0.25) is 9.59 Å². The number of hydrogen-bond donors (Lipinski definition) is 3. The highest BCUT2D eigenvalue weighted by atomic mass is 16.5. The number of ether oxygens (including phenoxy) is 1. The van der Waals surface area contributed by atoms with Crippen LogP contribution in [-0.2, 0) is 14.3 Å². The summed E-state index contributed by atoms with van der Waals surface area (Å²) in [5.41, 5.74) is 1.11. The monoisotopic (exact) mass is 510 g/mol. The van der Waals surface area contributed by atoms with Crippen LogP contribution in [0.4, 0.5) is 17.5 Å². The first kappa shape index (κ1) is 25.7. The summed E-state index contributed by atoms with van der Waals surface area (Å²) in [6.45, 7) is 6.43. The van der Waals surface area contributed by atoms with Gasteiger partial charge in [-0.2, -0.15) is 4.98 Å². The van der Waals surface area contributed by atoms with Crippen molar-refractivity contribution in [2.75, 3.05) is 42.4 Å². The minimum atomic E-state index is -0.614. The molecule has 10 nitrogen and oxygen atoms in total. The first-order valence-corrected chi connectivity index (χ1v) is 13.2. The maximum Gasteiger partial charge on any atom is 0.251 e. The van der Waals surface area contributed by atoms with Crippen molar-refractivity contribution in [3.63, 3.8) is 0 Å². The molecule has 2 saturated carbocycles. The summed E-state index contributed by atoms with van der Waals surface area (Å²) in [4.78, 5) is 39.5. The van der Waals surface area contributed by atoms with E-state index >= 15 is 0 Å². The Morgan fingerprint density at radius 3 is 2.70 bits per heavy atom. The van der Waals surface area contributed by atoms with Crippen LogP contribution in [-0.4, -0.2) is 77.9 Å². The van der Waals surface area contributed by atoms with E-state index in [1.54, 1.807) is 32.2 Å². The van der Waals surface area contributed by atoms with E-state index in [0.29, 0.717) is 30.5 Å². The molecule has 0 aromatic carbocycles. The van der Waals surface area contributed by atoms with Gasteiger partial charge in [-0.1, -0.05) is 25.0 Å². The summed E-state index contributed by atoms with van der Waals surface area (Å²) < 4.78 is 5.81. The van der Waals surface area contributed by atoms with Crippen LogP contribution in [0, 0.1) is 5.41 Å². The number of aliphatic hydroxyl groups excluding tert-OH is 1. The number of aliphatic hydroxyl groups is 1. The summed E-state index contributed by atoms with van der Waals surface area (Å²) in [7, 11) is 3.43. The zero-order chi connectivity index (χ0) is 26.5. The molecule has 10 heteroatoms. The fourth-order valence-electron chi connectivity index (χ4n) is 6.20. The van der Waals surface area contributed by atoms with Gasteiger partial charge < -0.3 is 30.3 Å². The van der Waals surface area contributed by atoms with Gasteiger partial charge >= 0.3 is 0 Å². The summed E-state index contributed by atoms with van der Waals surface area (Å²) in [6, 6.07) is 0.348. The lowest BCUT2D eigenvalue weighted by atomic mass is 9.64. The van der Waals surface area contributed by atoms with Crippen molar-refractivity contribution >= 4 is 29.3 Å². The number of amides is 2. The van der Waals surface area contributed by atoms with Crippen molar-refractivity contribution in [3.8, 4) is 0 Å². The average Bonchev–Trinajstić information content (AvgIpc) is 3.38. The van der Waals surface area contributed by atoms with Crippen LogP contribution in [0.2, 0.25) is 0 Å². The lowest BCUT2D eigenvalue weighted by Crippen LogP contribution is -2.61. The van der Waals surface area contributed by atoms with E-state index < -0.39 is 17.1 Å². The largest absolute Gasteiger partial charge is 0.392 e. The molecule has 200 valence electrons. The Morgan fingerprint density at radius 1 is 1.32 bits per heavy atom. The van der Waals surface area contributed by atoms with Crippen molar-refractivity contribution < 1.29 is 19.4 Å². The molecule has 2 fully saturated rings. The molecule has 1 aromatic rings. The lowest BCUT2D eigenvalue weighted by Gasteiger charge is -2.52. The van der Waals surface area contributed by atoms with Crippen molar-refractivity contribution in [1.82, 2.24) is 15.3 Å². The first-order chi connectivity index (χ1) is 17.6. The zero-order valence-electron chi connectivity index (χ0n) is 22.4. The van der Waals surface area contributed by atoms with Gasteiger partial charge in [0, 0.05) is 45.3 Å². The van der Waals surface area contributed by atoms with Crippen molar-refractivity contribution in [3.05, 3.63) is 29.5 Å². The normalized spacial score (nSPS) is 27.5. The molecule has 2 amide bonds. The molecule has 2 bridgehead atoms. The number of aromatic nitrogens is 2. The van der Waals surface area contributed by atoms with E-state index in [9.17, 15) is 14.7 Å². The molecule has 4 aliphatic carbocycles.